The molecule has 6 nitrogen and oxygen atoms in total. The molecule has 1 heterocycles. The first kappa shape index (κ1) is 13.5. The van der Waals surface area contributed by atoms with Gasteiger partial charge in [-0.15, -0.1) is 0 Å². The number of rotatable bonds is 6. The lowest BCUT2D eigenvalue weighted by Crippen LogP contribution is -2.27. The summed E-state index contributed by atoms with van der Waals surface area (Å²) in [6, 6.07) is 3.23. The van der Waals surface area contributed by atoms with Crippen LogP contribution in [0.15, 0.2) is 12.1 Å². The molecule has 1 aromatic rings. The van der Waals surface area contributed by atoms with Crippen molar-refractivity contribution < 1.29 is 23.7 Å². The van der Waals surface area contributed by atoms with E-state index in [1.807, 2.05) is 0 Å². The van der Waals surface area contributed by atoms with Gasteiger partial charge in [0.05, 0.1) is 34.0 Å². The van der Waals surface area contributed by atoms with Crippen LogP contribution >= 0.6 is 0 Å². The predicted molar refractivity (Wildman–Crippen MR) is 68.2 cm³/mol. The van der Waals surface area contributed by atoms with Gasteiger partial charge in [0.2, 0.25) is 5.75 Å². The summed E-state index contributed by atoms with van der Waals surface area (Å²) in [5, 5.41) is 2.79. The molecule has 0 unspecified atom stereocenters. The Morgan fingerprint density at radius 3 is 2.26 bits per heavy atom. The Morgan fingerprint density at radius 2 is 1.84 bits per heavy atom. The molecule has 19 heavy (non-hydrogen) atoms. The Kier molecular flexibility index (Phi) is 4.11. The average molecular weight is 267 g/mol. The Balaban J connectivity index is 2.21. The number of methoxy groups -OCH3 is 3. The standard InChI is InChI=1S/C13H17NO5/c1-16-10-4-8(5-11(17-2)12(10)18-3)13(15)14-6-9-7-19-9/h4-5,9H,6-7H2,1-3H3,(H,14,15)/t9-/m1/s1. The minimum atomic E-state index is -0.199. The van der Waals surface area contributed by atoms with E-state index in [4.69, 9.17) is 18.9 Å². The Bertz CT molecular complexity index is 445. The third kappa shape index (κ3) is 3.08. The first-order valence-corrected chi connectivity index (χ1v) is 5.89. The minimum absolute atomic E-state index is 0.144. The van der Waals surface area contributed by atoms with Crippen molar-refractivity contribution >= 4 is 5.91 Å². The molecule has 104 valence electrons. The van der Waals surface area contributed by atoms with Gasteiger partial charge in [-0.1, -0.05) is 0 Å². The van der Waals surface area contributed by atoms with E-state index in [1.165, 1.54) is 21.3 Å². The Hall–Kier alpha value is -1.95. The second kappa shape index (κ2) is 5.79. The summed E-state index contributed by atoms with van der Waals surface area (Å²) < 4.78 is 20.6. The van der Waals surface area contributed by atoms with Crippen LogP contribution in [0.2, 0.25) is 0 Å². The highest BCUT2D eigenvalue weighted by Crippen LogP contribution is 2.38. The number of epoxide rings is 1. The first-order valence-electron chi connectivity index (χ1n) is 5.89. The van der Waals surface area contributed by atoms with E-state index in [1.54, 1.807) is 12.1 Å². The van der Waals surface area contributed by atoms with Crippen LogP contribution in [-0.4, -0.2) is 46.5 Å². The SMILES string of the molecule is COc1cc(C(=O)NC[C@@H]2CO2)cc(OC)c1OC. The molecule has 2 rings (SSSR count). The van der Waals surface area contributed by atoms with E-state index in [2.05, 4.69) is 5.32 Å². The lowest BCUT2D eigenvalue weighted by molar-refractivity contribution is 0.0949. The fourth-order valence-electron chi connectivity index (χ4n) is 1.71. The van der Waals surface area contributed by atoms with E-state index in [0.29, 0.717) is 36.0 Å². The van der Waals surface area contributed by atoms with E-state index < -0.39 is 0 Å². The van der Waals surface area contributed by atoms with Gasteiger partial charge in [0.25, 0.3) is 5.91 Å². The number of ether oxygens (including phenoxy) is 4. The van der Waals surface area contributed by atoms with Crippen molar-refractivity contribution in [1.29, 1.82) is 0 Å². The van der Waals surface area contributed by atoms with Crippen molar-refractivity contribution in [2.24, 2.45) is 0 Å². The van der Waals surface area contributed by atoms with Crippen LogP contribution in [0.3, 0.4) is 0 Å². The molecule has 1 amide bonds. The third-order valence-corrected chi connectivity index (χ3v) is 2.82. The summed E-state index contributed by atoms with van der Waals surface area (Å²) in [6.07, 6.45) is 0.144. The maximum Gasteiger partial charge on any atom is 0.251 e. The highest BCUT2D eigenvalue weighted by atomic mass is 16.6. The van der Waals surface area contributed by atoms with Gasteiger partial charge < -0.3 is 24.3 Å². The molecule has 0 spiro atoms. The van der Waals surface area contributed by atoms with Crippen LogP contribution in [0.5, 0.6) is 17.2 Å². The van der Waals surface area contributed by atoms with Crippen molar-refractivity contribution in [2.75, 3.05) is 34.5 Å². The van der Waals surface area contributed by atoms with Crippen molar-refractivity contribution in [1.82, 2.24) is 5.32 Å². The second-order valence-electron chi connectivity index (χ2n) is 4.08. The van der Waals surface area contributed by atoms with Crippen LogP contribution in [0.4, 0.5) is 0 Å². The molecule has 1 saturated heterocycles. The summed E-state index contributed by atoms with van der Waals surface area (Å²) in [5.41, 5.74) is 0.454. The summed E-state index contributed by atoms with van der Waals surface area (Å²) in [5.74, 6) is 1.17. The number of hydrogen-bond acceptors (Lipinski definition) is 5. The molecule has 1 fully saturated rings. The predicted octanol–water partition coefficient (Wildman–Crippen LogP) is 0.841. The van der Waals surface area contributed by atoms with E-state index in [0.717, 1.165) is 0 Å². The van der Waals surface area contributed by atoms with Crippen molar-refractivity contribution in [2.45, 2.75) is 6.10 Å². The molecule has 0 saturated carbocycles. The number of benzene rings is 1. The smallest absolute Gasteiger partial charge is 0.251 e. The fraction of sp³-hybridized carbons (Fsp3) is 0.462. The minimum Gasteiger partial charge on any atom is -0.493 e. The largest absolute Gasteiger partial charge is 0.493 e. The quantitative estimate of drug-likeness (QED) is 0.773. The zero-order valence-electron chi connectivity index (χ0n) is 11.2. The van der Waals surface area contributed by atoms with Gasteiger partial charge in [-0.3, -0.25) is 4.79 Å². The van der Waals surface area contributed by atoms with Gasteiger partial charge >= 0.3 is 0 Å². The maximum absolute atomic E-state index is 12.0. The van der Waals surface area contributed by atoms with E-state index in [9.17, 15) is 4.79 Å². The second-order valence-corrected chi connectivity index (χ2v) is 4.08. The molecule has 0 aliphatic carbocycles. The number of carbonyl (C=O) groups excluding carboxylic acids is 1. The Morgan fingerprint density at radius 1 is 1.26 bits per heavy atom. The molecule has 1 aliphatic rings. The van der Waals surface area contributed by atoms with Crippen LogP contribution < -0.4 is 19.5 Å². The van der Waals surface area contributed by atoms with Crippen LogP contribution in [0.1, 0.15) is 10.4 Å². The summed E-state index contributed by atoms with van der Waals surface area (Å²) in [4.78, 5) is 12.0. The van der Waals surface area contributed by atoms with Gasteiger partial charge in [-0.25, -0.2) is 0 Å². The van der Waals surface area contributed by atoms with Gasteiger partial charge in [0, 0.05) is 12.1 Å². The van der Waals surface area contributed by atoms with Crippen molar-refractivity contribution in [3.8, 4) is 17.2 Å². The zero-order chi connectivity index (χ0) is 13.8. The van der Waals surface area contributed by atoms with Crippen molar-refractivity contribution in [3.63, 3.8) is 0 Å². The lowest BCUT2D eigenvalue weighted by atomic mass is 10.1. The van der Waals surface area contributed by atoms with E-state index >= 15 is 0 Å². The third-order valence-electron chi connectivity index (χ3n) is 2.82. The molecule has 1 aromatic carbocycles. The van der Waals surface area contributed by atoms with Crippen LogP contribution in [-0.2, 0) is 4.74 Å². The van der Waals surface area contributed by atoms with Crippen LogP contribution in [0, 0.1) is 0 Å². The molecule has 0 radical (unpaired) electrons. The van der Waals surface area contributed by atoms with Gasteiger partial charge in [-0.05, 0) is 12.1 Å². The molecule has 0 aromatic heterocycles. The maximum atomic E-state index is 12.0. The average Bonchev–Trinajstić information content (AvgIpc) is 3.27. The molecular weight excluding hydrogens is 250 g/mol. The highest BCUT2D eigenvalue weighted by molar-refractivity contribution is 5.95. The molecule has 1 aliphatic heterocycles. The molecule has 6 heteroatoms. The van der Waals surface area contributed by atoms with Gasteiger partial charge in [-0.2, -0.15) is 0 Å². The monoisotopic (exact) mass is 267 g/mol. The number of amides is 1. The molecular formula is C13H17NO5. The molecule has 0 bridgehead atoms. The Labute approximate surface area is 111 Å². The summed E-state index contributed by atoms with van der Waals surface area (Å²) in [7, 11) is 4.54. The number of hydrogen-bond donors (Lipinski definition) is 1. The zero-order valence-corrected chi connectivity index (χ0v) is 11.2. The topological polar surface area (TPSA) is 69.3 Å². The van der Waals surface area contributed by atoms with Crippen molar-refractivity contribution in [3.05, 3.63) is 17.7 Å². The highest BCUT2D eigenvalue weighted by Gasteiger charge is 2.23. The first-order chi connectivity index (χ1) is 9.19. The van der Waals surface area contributed by atoms with Gasteiger partial charge in [0.1, 0.15) is 0 Å². The summed E-state index contributed by atoms with van der Waals surface area (Å²) in [6.45, 7) is 1.21. The molecule has 1 N–H and O–H groups in total. The van der Waals surface area contributed by atoms with Gasteiger partial charge in [0.15, 0.2) is 11.5 Å². The van der Waals surface area contributed by atoms with E-state index in [-0.39, 0.29) is 12.0 Å². The summed E-state index contributed by atoms with van der Waals surface area (Å²) >= 11 is 0. The molecule has 1 atom stereocenters. The van der Waals surface area contributed by atoms with Crippen LogP contribution in [0.25, 0.3) is 0 Å². The fourth-order valence-corrected chi connectivity index (χ4v) is 1.71. The number of carbonyl (C=O) groups is 1. The normalized spacial score (nSPS) is 16.7. The lowest BCUT2D eigenvalue weighted by Gasteiger charge is -2.13. The number of nitrogens with one attached hydrogen (secondary N) is 1.